The highest BCUT2D eigenvalue weighted by molar-refractivity contribution is 9.10. The summed E-state index contributed by atoms with van der Waals surface area (Å²) in [5.74, 6) is -0.0382. The number of aromatic nitrogens is 2. The second kappa shape index (κ2) is 10.8. The van der Waals surface area contributed by atoms with Gasteiger partial charge in [-0.3, -0.25) is 14.2 Å². The minimum absolute atomic E-state index is 0.00251. The van der Waals surface area contributed by atoms with Crippen LogP contribution in [0.25, 0.3) is 22.1 Å². The SMILES string of the molecule is Cc1ccc(C(=O)N(CCN)[C@@H](c2nc3c(oc4ccc(F)cc43)c(=O)n2Cc2ccc(Br)o2)C(C)C)cc1. The summed E-state index contributed by atoms with van der Waals surface area (Å²) in [5.41, 5.74) is 7.64. The number of halogens is 2. The Morgan fingerprint density at radius 3 is 2.51 bits per heavy atom. The number of aryl methyl sites for hydroxylation is 1. The van der Waals surface area contributed by atoms with Crippen LogP contribution in [0.3, 0.4) is 0 Å². The molecule has 0 fully saturated rings. The summed E-state index contributed by atoms with van der Waals surface area (Å²) in [6, 6.07) is 14.2. The molecule has 3 aromatic heterocycles. The number of hydrogen-bond acceptors (Lipinski definition) is 6. The third-order valence-corrected chi connectivity index (χ3v) is 7.10. The van der Waals surface area contributed by atoms with Gasteiger partial charge in [-0.25, -0.2) is 9.37 Å². The molecule has 0 aliphatic heterocycles. The molecule has 0 bridgehead atoms. The zero-order valence-corrected chi connectivity index (χ0v) is 23.4. The molecule has 5 rings (SSSR count). The number of furan rings is 2. The lowest BCUT2D eigenvalue weighted by Gasteiger charge is -2.35. The van der Waals surface area contributed by atoms with E-state index in [1.165, 1.54) is 22.8 Å². The van der Waals surface area contributed by atoms with E-state index in [-0.39, 0.29) is 42.6 Å². The fourth-order valence-electron chi connectivity index (χ4n) is 4.85. The maximum absolute atomic E-state index is 14.2. The molecule has 0 radical (unpaired) electrons. The predicted molar refractivity (Wildman–Crippen MR) is 150 cm³/mol. The second-order valence-corrected chi connectivity index (χ2v) is 10.6. The largest absolute Gasteiger partial charge is 0.452 e. The first kappa shape index (κ1) is 26.8. The summed E-state index contributed by atoms with van der Waals surface area (Å²) >= 11 is 3.31. The van der Waals surface area contributed by atoms with E-state index in [0.29, 0.717) is 32.8 Å². The molecule has 8 nitrogen and oxygen atoms in total. The van der Waals surface area contributed by atoms with Crippen LogP contribution in [-0.4, -0.2) is 33.4 Å². The van der Waals surface area contributed by atoms with Crippen molar-refractivity contribution in [1.82, 2.24) is 14.5 Å². The minimum Gasteiger partial charge on any atom is -0.452 e. The molecule has 10 heteroatoms. The summed E-state index contributed by atoms with van der Waals surface area (Å²) in [4.78, 5) is 34.4. The summed E-state index contributed by atoms with van der Waals surface area (Å²) in [7, 11) is 0. The van der Waals surface area contributed by atoms with Crippen molar-refractivity contribution in [3.8, 4) is 0 Å². The molecule has 0 aliphatic rings. The lowest BCUT2D eigenvalue weighted by Crippen LogP contribution is -2.43. The van der Waals surface area contributed by atoms with E-state index in [1.807, 2.05) is 32.9 Å². The Labute approximate surface area is 232 Å². The minimum atomic E-state index is -0.642. The van der Waals surface area contributed by atoms with E-state index in [9.17, 15) is 14.0 Å². The lowest BCUT2D eigenvalue weighted by molar-refractivity contribution is 0.0612. The first-order valence-corrected chi connectivity index (χ1v) is 13.4. The van der Waals surface area contributed by atoms with Gasteiger partial charge in [0.1, 0.15) is 28.5 Å². The molecular weight excluding hydrogens is 567 g/mol. The molecule has 0 spiro atoms. The zero-order valence-electron chi connectivity index (χ0n) is 21.8. The summed E-state index contributed by atoms with van der Waals surface area (Å²) in [5, 5.41) is 0.383. The molecule has 39 heavy (non-hydrogen) atoms. The molecule has 202 valence electrons. The summed E-state index contributed by atoms with van der Waals surface area (Å²) in [6.45, 7) is 6.34. The molecule has 5 aromatic rings. The van der Waals surface area contributed by atoms with Gasteiger partial charge in [0.25, 0.3) is 11.5 Å². The fourth-order valence-corrected chi connectivity index (χ4v) is 5.19. The van der Waals surface area contributed by atoms with Crippen LogP contribution in [0.2, 0.25) is 0 Å². The van der Waals surface area contributed by atoms with Crippen molar-refractivity contribution in [3.63, 3.8) is 0 Å². The van der Waals surface area contributed by atoms with E-state index < -0.39 is 17.4 Å². The molecule has 0 aliphatic carbocycles. The maximum atomic E-state index is 14.2. The number of hydrogen-bond donors (Lipinski definition) is 1. The highest BCUT2D eigenvalue weighted by Gasteiger charge is 2.33. The molecule has 2 aromatic carbocycles. The molecule has 3 heterocycles. The summed E-state index contributed by atoms with van der Waals surface area (Å²) < 4.78 is 27.7. The van der Waals surface area contributed by atoms with Crippen LogP contribution in [-0.2, 0) is 6.54 Å². The van der Waals surface area contributed by atoms with Crippen molar-refractivity contribution >= 4 is 43.9 Å². The van der Waals surface area contributed by atoms with Gasteiger partial charge in [0.15, 0.2) is 4.67 Å². The van der Waals surface area contributed by atoms with Crippen molar-refractivity contribution in [2.24, 2.45) is 11.7 Å². The average Bonchev–Trinajstić information content (AvgIpc) is 3.48. The number of carbonyl (C=O) groups excluding carboxylic acids is 1. The van der Waals surface area contributed by atoms with Gasteiger partial charge in [-0.1, -0.05) is 31.5 Å². The quantitative estimate of drug-likeness (QED) is 0.243. The van der Waals surface area contributed by atoms with Crippen molar-refractivity contribution in [1.29, 1.82) is 0 Å². The van der Waals surface area contributed by atoms with Gasteiger partial charge < -0.3 is 19.5 Å². The number of rotatable bonds is 8. The van der Waals surface area contributed by atoms with Gasteiger partial charge >= 0.3 is 0 Å². The van der Waals surface area contributed by atoms with Gasteiger partial charge in [-0.05, 0) is 71.2 Å². The molecule has 2 N–H and O–H groups in total. The topological polar surface area (TPSA) is 108 Å². The van der Waals surface area contributed by atoms with Crippen LogP contribution in [0.5, 0.6) is 0 Å². The average molecular weight is 595 g/mol. The van der Waals surface area contributed by atoms with Gasteiger partial charge in [0.05, 0.1) is 12.6 Å². The molecule has 0 unspecified atom stereocenters. The standard InChI is InChI=1S/C29H28BrFN4O4/c1-16(2)25(34(13-12-32)28(36)18-6-4-17(3)5-7-18)27-33-24-21-14-19(31)8-10-22(21)39-26(24)29(37)35(27)15-20-9-11-23(30)38-20/h4-11,14,16,25H,12-13,15,32H2,1-3H3/t25-/m1/s1. The first-order valence-electron chi connectivity index (χ1n) is 12.6. The van der Waals surface area contributed by atoms with Crippen LogP contribution in [0, 0.1) is 18.7 Å². The van der Waals surface area contributed by atoms with Crippen LogP contribution >= 0.6 is 15.9 Å². The number of fused-ring (bicyclic) bond motifs is 3. The number of amides is 1. The zero-order chi connectivity index (χ0) is 27.8. The number of nitrogens with zero attached hydrogens (tertiary/aromatic N) is 3. The Bertz CT molecular complexity index is 1720. The third kappa shape index (κ3) is 5.14. The van der Waals surface area contributed by atoms with Crippen LogP contribution < -0.4 is 11.3 Å². The Morgan fingerprint density at radius 2 is 1.87 bits per heavy atom. The first-order chi connectivity index (χ1) is 18.7. The molecule has 0 saturated heterocycles. The third-order valence-electron chi connectivity index (χ3n) is 6.67. The van der Waals surface area contributed by atoms with Crippen LogP contribution in [0.1, 0.15) is 47.4 Å². The van der Waals surface area contributed by atoms with E-state index in [2.05, 4.69) is 15.9 Å². The van der Waals surface area contributed by atoms with E-state index in [0.717, 1.165) is 5.56 Å². The predicted octanol–water partition coefficient (Wildman–Crippen LogP) is 5.79. The van der Waals surface area contributed by atoms with E-state index in [4.69, 9.17) is 19.6 Å². The van der Waals surface area contributed by atoms with Gasteiger partial charge in [0, 0.05) is 24.0 Å². The Kier molecular flexibility index (Phi) is 7.42. The Balaban J connectivity index is 1.76. The maximum Gasteiger partial charge on any atom is 0.297 e. The van der Waals surface area contributed by atoms with Gasteiger partial charge in [-0.15, -0.1) is 0 Å². The number of benzene rings is 2. The van der Waals surface area contributed by atoms with Gasteiger partial charge in [0.2, 0.25) is 5.58 Å². The highest BCUT2D eigenvalue weighted by Crippen LogP contribution is 2.33. The fraction of sp³-hybridized carbons (Fsp3) is 0.276. The Morgan fingerprint density at radius 1 is 1.13 bits per heavy atom. The van der Waals surface area contributed by atoms with Crippen molar-refractivity contribution in [2.75, 3.05) is 13.1 Å². The molecule has 1 atom stereocenters. The van der Waals surface area contributed by atoms with Crippen molar-refractivity contribution < 1.29 is 18.0 Å². The number of carbonyl (C=O) groups is 1. The Hall–Kier alpha value is -3.76. The summed E-state index contributed by atoms with van der Waals surface area (Å²) in [6.07, 6.45) is 0. The lowest BCUT2D eigenvalue weighted by atomic mass is 9.99. The van der Waals surface area contributed by atoms with Crippen LogP contribution in [0.15, 0.2) is 72.9 Å². The van der Waals surface area contributed by atoms with Crippen LogP contribution in [0.4, 0.5) is 4.39 Å². The molecule has 1 amide bonds. The molecular formula is C29H28BrFN4O4. The highest BCUT2D eigenvalue weighted by atomic mass is 79.9. The normalized spacial score (nSPS) is 12.5. The number of nitrogens with two attached hydrogens (primary N) is 1. The smallest absolute Gasteiger partial charge is 0.297 e. The van der Waals surface area contributed by atoms with E-state index in [1.54, 1.807) is 29.2 Å². The monoisotopic (exact) mass is 594 g/mol. The second-order valence-electron chi connectivity index (χ2n) is 9.83. The van der Waals surface area contributed by atoms with Crippen molar-refractivity contribution in [2.45, 2.75) is 33.4 Å². The van der Waals surface area contributed by atoms with E-state index >= 15 is 0 Å². The molecule has 0 saturated carbocycles. The van der Waals surface area contributed by atoms with Gasteiger partial charge in [-0.2, -0.15) is 0 Å². The van der Waals surface area contributed by atoms with Crippen molar-refractivity contribution in [3.05, 3.63) is 98.1 Å².